The van der Waals surface area contributed by atoms with Crippen molar-refractivity contribution >= 4 is 5.78 Å². The van der Waals surface area contributed by atoms with E-state index in [1.54, 1.807) is 0 Å². The predicted molar refractivity (Wildman–Crippen MR) is 50.2 cm³/mol. The van der Waals surface area contributed by atoms with Crippen molar-refractivity contribution in [2.24, 2.45) is 11.3 Å². The summed E-state index contributed by atoms with van der Waals surface area (Å²) >= 11 is 0. The number of rotatable bonds is 0. The second-order valence-electron chi connectivity index (χ2n) is 4.45. The highest BCUT2D eigenvalue weighted by Gasteiger charge is 2.46. The van der Waals surface area contributed by atoms with Crippen LogP contribution < -0.4 is 0 Å². The number of Topliss-reactive ketones (excluding diaryl/α,β-unsaturated/α-hetero) is 1. The molecule has 0 aromatic carbocycles. The van der Waals surface area contributed by atoms with Crippen LogP contribution in [0.5, 0.6) is 0 Å². The zero-order chi connectivity index (χ0) is 9.47. The second kappa shape index (κ2) is 2.95. The highest BCUT2D eigenvalue weighted by Crippen LogP contribution is 2.45. The number of fused-ring (bicyclic) bond motifs is 1. The third kappa shape index (κ3) is 1.24. The molecule has 72 valence electrons. The van der Waals surface area contributed by atoms with Crippen LogP contribution in [-0.2, 0) is 4.79 Å². The average Bonchev–Trinajstić information content (AvgIpc) is 2.13. The molecule has 0 spiro atoms. The van der Waals surface area contributed by atoms with Crippen LogP contribution in [0.25, 0.3) is 0 Å². The molecule has 2 aliphatic carbocycles. The Balaban J connectivity index is 2.30. The molecule has 2 nitrogen and oxygen atoms in total. The molecule has 0 aliphatic heterocycles. The molecule has 0 saturated heterocycles. The van der Waals surface area contributed by atoms with Gasteiger partial charge in [0.2, 0.25) is 0 Å². The molecule has 0 aromatic rings. The van der Waals surface area contributed by atoms with Gasteiger partial charge in [0.25, 0.3) is 0 Å². The summed E-state index contributed by atoms with van der Waals surface area (Å²) in [6, 6.07) is 0. The van der Waals surface area contributed by atoms with E-state index in [2.05, 4.69) is 12.2 Å². The Morgan fingerprint density at radius 1 is 1.54 bits per heavy atom. The molecule has 2 aliphatic rings. The highest BCUT2D eigenvalue weighted by atomic mass is 16.3. The van der Waals surface area contributed by atoms with E-state index >= 15 is 0 Å². The molecule has 0 bridgehead atoms. The van der Waals surface area contributed by atoms with Crippen molar-refractivity contribution < 1.29 is 9.90 Å². The Bertz CT molecular complexity index is 257. The van der Waals surface area contributed by atoms with Gasteiger partial charge in [-0.2, -0.15) is 0 Å². The summed E-state index contributed by atoms with van der Waals surface area (Å²) in [6.07, 6.45) is 7.11. The maximum Gasteiger partial charge on any atom is 0.167 e. The standard InChI is InChI=1S/C11H16O2/c1-11-7-3-2-4-8(11)5-6-9(12)10(11)13/h2,4,8-9,12H,3,5-7H2,1H3/t8-,9+,11-/m0/s1. The Morgan fingerprint density at radius 2 is 2.31 bits per heavy atom. The Labute approximate surface area is 78.6 Å². The topological polar surface area (TPSA) is 37.3 Å². The zero-order valence-electron chi connectivity index (χ0n) is 7.99. The van der Waals surface area contributed by atoms with Gasteiger partial charge in [-0.15, -0.1) is 0 Å². The Hall–Kier alpha value is -0.630. The van der Waals surface area contributed by atoms with Crippen LogP contribution >= 0.6 is 0 Å². The van der Waals surface area contributed by atoms with Gasteiger partial charge in [-0.1, -0.05) is 19.1 Å². The minimum Gasteiger partial charge on any atom is -0.385 e. The summed E-state index contributed by atoms with van der Waals surface area (Å²) < 4.78 is 0. The van der Waals surface area contributed by atoms with Gasteiger partial charge in [0.1, 0.15) is 6.10 Å². The fraction of sp³-hybridized carbons (Fsp3) is 0.727. The van der Waals surface area contributed by atoms with Crippen LogP contribution in [0, 0.1) is 11.3 Å². The van der Waals surface area contributed by atoms with Crippen molar-refractivity contribution in [1.29, 1.82) is 0 Å². The van der Waals surface area contributed by atoms with Crippen molar-refractivity contribution in [2.45, 2.75) is 38.7 Å². The van der Waals surface area contributed by atoms with E-state index in [-0.39, 0.29) is 11.2 Å². The van der Waals surface area contributed by atoms with Crippen LogP contribution in [0.3, 0.4) is 0 Å². The van der Waals surface area contributed by atoms with Crippen molar-refractivity contribution in [3.8, 4) is 0 Å². The van der Waals surface area contributed by atoms with E-state index < -0.39 is 6.10 Å². The first kappa shape index (κ1) is 8.95. The van der Waals surface area contributed by atoms with E-state index in [4.69, 9.17) is 0 Å². The molecule has 0 radical (unpaired) electrons. The molecular weight excluding hydrogens is 164 g/mol. The first-order valence-corrected chi connectivity index (χ1v) is 5.03. The van der Waals surface area contributed by atoms with Gasteiger partial charge in [-0.25, -0.2) is 0 Å². The van der Waals surface area contributed by atoms with Gasteiger partial charge in [0.05, 0.1) is 0 Å². The summed E-state index contributed by atoms with van der Waals surface area (Å²) in [5, 5.41) is 9.51. The molecule has 2 rings (SSSR count). The van der Waals surface area contributed by atoms with Gasteiger partial charge < -0.3 is 5.11 Å². The predicted octanol–water partition coefficient (Wildman–Crippen LogP) is 1.68. The number of aliphatic hydroxyl groups is 1. The second-order valence-corrected chi connectivity index (χ2v) is 4.45. The molecule has 0 heterocycles. The molecule has 2 heteroatoms. The minimum atomic E-state index is -0.701. The molecule has 0 unspecified atom stereocenters. The minimum absolute atomic E-state index is 0.0631. The molecular formula is C11H16O2. The third-order valence-corrected chi connectivity index (χ3v) is 3.63. The maximum atomic E-state index is 11.8. The van der Waals surface area contributed by atoms with Crippen molar-refractivity contribution in [3.63, 3.8) is 0 Å². The van der Waals surface area contributed by atoms with Gasteiger partial charge in [-0.3, -0.25) is 4.79 Å². The molecule has 1 saturated carbocycles. The smallest absolute Gasteiger partial charge is 0.167 e. The van der Waals surface area contributed by atoms with Gasteiger partial charge in [0, 0.05) is 5.41 Å². The van der Waals surface area contributed by atoms with Gasteiger partial charge in [0.15, 0.2) is 5.78 Å². The number of ketones is 1. The lowest BCUT2D eigenvalue weighted by Crippen LogP contribution is -2.47. The number of aliphatic hydroxyl groups excluding tert-OH is 1. The van der Waals surface area contributed by atoms with E-state index in [0.29, 0.717) is 12.3 Å². The van der Waals surface area contributed by atoms with Crippen molar-refractivity contribution in [2.75, 3.05) is 0 Å². The Kier molecular flexibility index (Phi) is 2.03. The number of hydrogen-bond acceptors (Lipinski definition) is 2. The monoisotopic (exact) mass is 180 g/mol. The van der Waals surface area contributed by atoms with Crippen molar-refractivity contribution in [3.05, 3.63) is 12.2 Å². The average molecular weight is 180 g/mol. The first-order valence-electron chi connectivity index (χ1n) is 5.03. The summed E-state index contributed by atoms with van der Waals surface area (Å²) in [4.78, 5) is 11.8. The lowest BCUT2D eigenvalue weighted by molar-refractivity contribution is -0.144. The lowest BCUT2D eigenvalue weighted by atomic mass is 9.61. The summed E-state index contributed by atoms with van der Waals surface area (Å²) in [6.45, 7) is 2.01. The molecule has 13 heavy (non-hydrogen) atoms. The van der Waals surface area contributed by atoms with E-state index in [1.165, 1.54) is 0 Å². The number of carbonyl (C=O) groups is 1. The molecule has 1 N–H and O–H groups in total. The van der Waals surface area contributed by atoms with Crippen LogP contribution in [0.2, 0.25) is 0 Å². The van der Waals surface area contributed by atoms with E-state index in [0.717, 1.165) is 19.3 Å². The van der Waals surface area contributed by atoms with Crippen LogP contribution in [0.15, 0.2) is 12.2 Å². The lowest BCUT2D eigenvalue weighted by Gasteiger charge is -2.42. The molecule has 0 amide bonds. The third-order valence-electron chi connectivity index (χ3n) is 3.63. The maximum absolute atomic E-state index is 11.8. The van der Waals surface area contributed by atoms with Crippen LogP contribution in [0.4, 0.5) is 0 Å². The summed E-state index contributed by atoms with van der Waals surface area (Å²) in [5.74, 6) is 0.435. The molecule has 0 aromatic heterocycles. The first-order chi connectivity index (χ1) is 6.14. The summed E-state index contributed by atoms with van der Waals surface area (Å²) in [5.41, 5.74) is -0.271. The van der Waals surface area contributed by atoms with Crippen LogP contribution in [-0.4, -0.2) is 17.0 Å². The molecule has 3 atom stereocenters. The Morgan fingerprint density at radius 3 is 3.08 bits per heavy atom. The number of allylic oxidation sites excluding steroid dienone is 2. The van der Waals surface area contributed by atoms with E-state index in [9.17, 15) is 9.90 Å². The number of carbonyl (C=O) groups excluding carboxylic acids is 1. The number of hydrogen-bond donors (Lipinski definition) is 1. The quantitative estimate of drug-likeness (QED) is 0.576. The summed E-state index contributed by atoms with van der Waals surface area (Å²) in [7, 11) is 0. The van der Waals surface area contributed by atoms with Gasteiger partial charge >= 0.3 is 0 Å². The fourth-order valence-corrected chi connectivity index (χ4v) is 2.61. The largest absolute Gasteiger partial charge is 0.385 e. The normalized spacial score (nSPS) is 44.6. The molecule has 1 fully saturated rings. The van der Waals surface area contributed by atoms with E-state index in [1.807, 2.05) is 6.92 Å². The zero-order valence-corrected chi connectivity index (χ0v) is 7.99. The SMILES string of the molecule is C[C@]12CCC=C[C@H]1CC[C@@H](O)C2=O. The van der Waals surface area contributed by atoms with Crippen molar-refractivity contribution in [1.82, 2.24) is 0 Å². The highest BCUT2D eigenvalue weighted by molar-refractivity contribution is 5.89. The fourth-order valence-electron chi connectivity index (χ4n) is 2.61. The van der Waals surface area contributed by atoms with Crippen LogP contribution in [0.1, 0.15) is 32.6 Å². The van der Waals surface area contributed by atoms with Gasteiger partial charge in [-0.05, 0) is 31.6 Å².